The molecule has 0 aliphatic carbocycles. The number of carbonyl (C=O) groups excluding carboxylic acids is 2. The third-order valence-corrected chi connectivity index (χ3v) is 12.3. The van der Waals surface area contributed by atoms with Gasteiger partial charge in [0.25, 0.3) is 5.91 Å². The molecule has 2 amide bonds. The summed E-state index contributed by atoms with van der Waals surface area (Å²) in [4.78, 5) is 45.5. The van der Waals surface area contributed by atoms with Crippen molar-refractivity contribution < 1.29 is 29.3 Å². The number of nitrogens with zero attached hydrogens (tertiary/aromatic N) is 4. The van der Waals surface area contributed by atoms with E-state index in [9.17, 15) is 24.6 Å². The van der Waals surface area contributed by atoms with E-state index in [1.807, 2.05) is 66.5 Å². The monoisotopic (exact) mass is 788 g/mol. The van der Waals surface area contributed by atoms with Gasteiger partial charge in [0.15, 0.2) is 5.69 Å². The first-order chi connectivity index (χ1) is 28.2. The zero-order chi connectivity index (χ0) is 40.2. The van der Waals surface area contributed by atoms with Gasteiger partial charge >= 0.3 is 6.09 Å². The van der Waals surface area contributed by atoms with Crippen LogP contribution in [0.2, 0.25) is 0 Å². The van der Waals surface area contributed by atoms with Crippen LogP contribution in [0, 0.1) is 11.8 Å². The van der Waals surface area contributed by atoms with Gasteiger partial charge in [0, 0.05) is 38.1 Å². The quantitative estimate of drug-likeness (QED) is 0.109. The lowest BCUT2D eigenvalue weighted by Crippen LogP contribution is -2.52. The number of nitrogens with one attached hydrogen (secondary N) is 2. The molecule has 304 valence electrons. The number of aromatic amines is 1. The number of hydrogen-bond acceptors (Lipinski definition) is 9. The number of H-pyrrole nitrogens is 1. The number of benzene rings is 3. The minimum atomic E-state index is -0.722. The molecule has 58 heavy (non-hydrogen) atoms. The molecule has 4 saturated heterocycles. The van der Waals surface area contributed by atoms with Crippen LogP contribution >= 0.6 is 0 Å². The van der Waals surface area contributed by atoms with Crippen molar-refractivity contribution in [2.75, 3.05) is 32.7 Å². The molecule has 2 bridgehead atoms. The molecule has 4 aliphatic heterocycles. The number of carbonyl (C=O) groups is 2. The van der Waals surface area contributed by atoms with Gasteiger partial charge in [0.2, 0.25) is 5.56 Å². The standard InChI is InChI=1S/C45H52N6O7/c1-49-33(28-57-34-11-6-10-32(25-34)42(31-8-3-2-4-9-31)47-45(56)58-40-27-50-21-19-30(40)20-22-50)26-37(48-49)44(55)51-23-17-29(18-24-51)7-5-12-38(52)35-13-15-39(53)43-36(35)14-16-41(54)46-43/h2-4,6,8-11,13-16,25-26,29-30,38,40,42,52-53H,5,7,12,17-24,27-28H2,1H3,(H,46,54)(H,47,56)/t38-,40?,42-/m0/s1. The van der Waals surface area contributed by atoms with Crippen molar-refractivity contribution in [1.82, 2.24) is 29.9 Å². The zero-order valence-corrected chi connectivity index (χ0v) is 32.9. The Morgan fingerprint density at radius 2 is 1.71 bits per heavy atom. The molecule has 3 atom stereocenters. The summed E-state index contributed by atoms with van der Waals surface area (Å²) in [6.07, 6.45) is 4.94. The van der Waals surface area contributed by atoms with E-state index >= 15 is 0 Å². The fraction of sp³-hybridized carbons (Fsp3) is 0.422. The Bertz CT molecular complexity index is 2280. The molecule has 0 radical (unpaired) electrons. The minimum Gasteiger partial charge on any atom is -0.506 e. The number of amides is 2. The summed E-state index contributed by atoms with van der Waals surface area (Å²) in [6, 6.07) is 25.1. The molecule has 9 rings (SSSR count). The molecular formula is C45H52N6O7. The lowest BCUT2D eigenvalue weighted by atomic mass is 9.86. The van der Waals surface area contributed by atoms with Gasteiger partial charge in [0.05, 0.1) is 23.4 Å². The summed E-state index contributed by atoms with van der Waals surface area (Å²) in [5, 5.41) is 29.5. The van der Waals surface area contributed by atoms with Gasteiger partial charge in [-0.15, -0.1) is 0 Å². The van der Waals surface area contributed by atoms with E-state index in [0.29, 0.717) is 59.3 Å². The number of phenolic OH excluding ortho intramolecular Hbond substituents is 1. The number of aryl methyl sites for hydroxylation is 1. The zero-order valence-electron chi connectivity index (χ0n) is 32.9. The second-order valence-electron chi connectivity index (χ2n) is 16.0. The number of phenols is 1. The highest BCUT2D eigenvalue weighted by Gasteiger charge is 2.37. The fourth-order valence-corrected chi connectivity index (χ4v) is 8.92. The molecule has 0 saturated carbocycles. The molecule has 4 fully saturated rings. The molecule has 3 aromatic carbocycles. The van der Waals surface area contributed by atoms with Crippen LogP contribution in [0.15, 0.2) is 89.7 Å². The summed E-state index contributed by atoms with van der Waals surface area (Å²) >= 11 is 0. The van der Waals surface area contributed by atoms with Crippen LogP contribution in [0.1, 0.15) is 90.0 Å². The smallest absolute Gasteiger partial charge is 0.408 e. The van der Waals surface area contributed by atoms with Gasteiger partial charge in [-0.25, -0.2) is 4.79 Å². The van der Waals surface area contributed by atoms with Gasteiger partial charge in [-0.1, -0.05) is 61.4 Å². The van der Waals surface area contributed by atoms with E-state index in [1.165, 1.54) is 12.1 Å². The van der Waals surface area contributed by atoms with E-state index < -0.39 is 18.2 Å². The number of alkyl carbamates (subject to hydrolysis) is 1. The number of aliphatic hydroxyl groups is 1. The molecule has 4 N–H and O–H groups in total. The van der Waals surface area contributed by atoms with Crippen molar-refractivity contribution in [1.29, 1.82) is 0 Å². The molecule has 6 heterocycles. The fourth-order valence-electron chi connectivity index (χ4n) is 8.92. The number of ether oxygens (including phenoxy) is 2. The predicted octanol–water partition coefficient (Wildman–Crippen LogP) is 6.21. The summed E-state index contributed by atoms with van der Waals surface area (Å²) in [6.45, 7) is 4.43. The first-order valence-electron chi connectivity index (χ1n) is 20.5. The Labute approximate surface area is 337 Å². The molecule has 13 heteroatoms. The number of aliphatic hydroxyl groups excluding tert-OH is 1. The second kappa shape index (κ2) is 17.5. The third kappa shape index (κ3) is 8.90. The maximum Gasteiger partial charge on any atom is 0.408 e. The van der Waals surface area contributed by atoms with Crippen LogP contribution < -0.4 is 15.6 Å². The largest absolute Gasteiger partial charge is 0.506 e. The summed E-state index contributed by atoms with van der Waals surface area (Å²) < 4.78 is 13.9. The summed E-state index contributed by atoms with van der Waals surface area (Å²) in [5.41, 5.74) is 3.64. The van der Waals surface area contributed by atoms with Crippen LogP contribution in [0.3, 0.4) is 0 Å². The van der Waals surface area contributed by atoms with Crippen molar-refractivity contribution >= 4 is 22.9 Å². The van der Waals surface area contributed by atoms with E-state index in [0.717, 1.165) is 75.0 Å². The van der Waals surface area contributed by atoms with Gasteiger partial charge in [0.1, 0.15) is 24.2 Å². The topological polar surface area (TPSA) is 162 Å². The van der Waals surface area contributed by atoms with Gasteiger partial charge in [-0.05, 0) is 104 Å². The van der Waals surface area contributed by atoms with Crippen LogP contribution in [0.5, 0.6) is 11.5 Å². The number of rotatable bonds is 13. The Kier molecular flexibility index (Phi) is 11.8. The Morgan fingerprint density at radius 1 is 0.931 bits per heavy atom. The number of hydrogen-bond donors (Lipinski definition) is 4. The molecule has 0 spiro atoms. The Morgan fingerprint density at radius 3 is 2.47 bits per heavy atom. The molecule has 5 aromatic rings. The van der Waals surface area contributed by atoms with Gasteiger partial charge in [-0.3, -0.25) is 19.2 Å². The van der Waals surface area contributed by atoms with E-state index in [4.69, 9.17) is 9.47 Å². The number of aromatic hydroxyl groups is 1. The van der Waals surface area contributed by atoms with E-state index in [1.54, 1.807) is 22.9 Å². The molecule has 1 unspecified atom stereocenters. The predicted molar refractivity (Wildman–Crippen MR) is 219 cm³/mol. The molecule has 4 aliphatic rings. The van der Waals surface area contributed by atoms with Crippen molar-refractivity contribution in [3.8, 4) is 11.5 Å². The van der Waals surface area contributed by atoms with Gasteiger partial charge in [-0.2, -0.15) is 5.10 Å². The maximum atomic E-state index is 13.6. The lowest BCUT2D eigenvalue weighted by molar-refractivity contribution is -0.0336. The van der Waals surface area contributed by atoms with Crippen molar-refractivity contribution in [3.63, 3.8) is 0 Å². The first-order valence-corrected chi connectivity index (χ1v) is 20.5. The van der Waals surface area contributed by atoms with Crippen LogP contribution in [-0.4, -0.2) is 85.6 Å². The average molecular weight is 789 g/mol. The molecular weight excluding hydrogens is 737 g/mol. The van der Waals surface area contributed by atoms with Crippen LogP contribution in [-0.2, 0) is 18.4 Å². The number of aromatic nitrogens is 3. The second-order valence-corrected chi connectivity index (χ2v) is 16.0. The van der Waals surface area contributed by atoms with Gasteiger partial charge < -0.3 is 34.9 Å². The first kappa shape index (κ1) is 39.2. The average Bonchev–Trinajstić information content (AvgIpc) is 3.63. The Balaban J connectivity index is 0.829. The number of likely N-dealkylation sites (tertiary alicyclic amines) is 1. The normalized spacial score (nSPS) is 20.4. The summed E-state index contributed by atoms with van der Waals surface area (Å²) in [7, 11) is 1.81. The highest BCUT2D eigenvalue weighted by Crippen LogP contribution is 2.33. The highest BCUT2D eigenvalue weighted by atomic mass is 16.6. The number of pyridine rings is 1. The molecule has 13 nitrogen and oxygen atoms in total. The number of fused-ring (bicyclic) bond motifs is 4. The lowest BCUT2D eigenvalue weighted by Gasteiger charge is -2.43. The number of piperidine rings is 4. The van der Waals surface area contributed by atoms with E-state index in [-0.39, 0.29) is 29.9 Å². The van der Waals surface area contributed by atoms with Crippen molar-refractivity contribution in [3.05, 3.63) is 123 Å². The van der Waals surface area contributed by atoms with Crippen molar-refractivity contribution in [2.45, 2.75) is 69.8 Å². The van der Waals surface area contributed by atoms with Crippen LogP contribution in [0.4, 0.5) is 4.79 Å². The molecule has 2 aromatic heterocycles. The SMILES string of the molecule is Cn1nc(C(=O)N2CCC(CCC[C@H](O)c3ccc(O)c4[nH]c(=O)ccc34)CC2)cc1COc1cccc([C@@H](NC(=O)OC2CN3CCC2CC3)c2ccccc2)c1. The van der Waals surface area contributed by atoms with Crippen LogP contribution in [0.25, 0.3) is 10.9 Å². The highest BCUT2D eigenvalue weighted by molar-refractivity contribution is 5.92. The third-order valence-electron chi connectivity index (χ3n) is 12.3. The maximum absolute atomic E-state index is 13.6. The summed E-state index contributed by atoms with van der Waals surface area (Å²) in [5.74, 6) is 1.36. The Hall–Kier alpha value is -5.66. The van der Waals surface area contributed by atoms with E-state index in [2.05, 4.69) is 20.3 Å². The van der Waals surface area contributed by atoms with Crippen molar-refractivity contribution in [2.24, 2.45) is 18.9 Å². The minimum absolute atomic E-state index is 0.0244.